The highest BCUT2D eigenvalue weighted by atomic mass is 35.5. The maximum Gasteiger partial charge on any atom is 0.224 e. The molecule has 1 amide bonds. The predicted octanol–water partition coefficient (Wildman–Crippen LogP) is 2.43. The van der Waals surface area contributed by atoms with E-state index >= 15 is 0 Å². The van der Waals surface area contributed by atoms with Crippen molar-refractivity contribution in [2.45, 2.75) is 19.9 Å². The molecule has 2 N–H and O–H groups in total. The summed E-state index contributed by atoms with van der Waals surface area (Å²) < 4.78 is 1.68. The van der Waals surface area contributed by atoms with Crippen LogP contribution in [0, 0.1) is 0 Å². The molecule has 2 rings (SSSR count). The Morgan fingerprint density at radius 3 is 2.90 bits per heavy atom. The molecule has 6 nitrogen and oxygen atoms in total. The number of rotatable bonds is 5. The number of benzene rings is 1. The number of halogens is 1. The summed E-state index contributed by atoms with van der Waals surface area (Å²) in [6.07, 6.45) is 2.12. The van der Waals surface area contributed by atoms with E-state index in [9.17, 15) is 4.79 Å². The Balaban J connectivity index is 2.08. The number of carbonyl (C=O) groups is 1. The van der Waals surface area contributed by atoms with Crippen LogP contribution in [0.3, 0.4) is 0 Å². The topological polar surface area (TPSA) is 71.8 Å². The molecular formula is C13H16ClN5O. The molecule has 0 bridgehead atoms. The minimum Gasteiger partial charge on any atom is -0.378 e. The van der Waals surface area contributed by atoms with Gasteiger partial charge in [-0.2, -0.15) is 0 Å². The first-order valence-corrected chi connectivity index (χ1v) is 6.64. The van der Waals surface area contributed by atoms with Crippen molar-refractivity contribution in [1.29, 1.82) is 0 Å². The van der Waals surface area contributed by atoms with E-state index in [4.69, 9.17) is 11.6 Å². The second kappa shape index (κ2) is 6.38. The third-order valence-electron chi connectivity index (χ3n) is 2.84. The molecule has 0 fully saturated rings. The highest BCUT2D eigenvalue weighted by Gasteiger charge is 2.06. The van der Waals surface area contributed by atoms with Crippen LogP contribution in [0.25, 0.3) is 0 Å². The Kier molecular flexibility index (Phi) is 4.57. The van der Waals surface area contributed by atoms with Crippen molar-refractivity contribution in [3.8, 4) is 0 Å². The van der Waals surface area contributed by atoms with Crippen molar-refractivity contribution in [2.24, 2.45) is 7.05 Å². The molecule has 1 heterocycles. The van der Waals surface area contributed by atoms with Crippen LogP contribution in [0.2, 0.25) is 5.02 Å². The Morgan fingerprint density at radius 2 is 2.25 bits per heavy atom. The quantitative estimate of drug-likeness (QED) is 0.888. The van der Waals surface area contributed by atoms with Gasteiger partial charge in [0.1, 0.15) is 0 Å². The van der Waals surface area contributed by atoms with E-state index < -0.39 is 0 Å². The van der Waals surface area contributed by atoms with Gasteiger partial charge in [0.25, 0.3) is 0 Å². The standard InChI is InChI=1S/C13H16ClN5O/c1-3-13(20)17-9-4-5-11(14)12(6-9)15-7-10-8-16-18-19(10)2/h4-6,8,15H,3,7H2,1-2H3,(H,17,20). The van der Waals surface area contributed by atoms with Crippen molar-refractivity contribution in [2.75, 3.05) is 10.6 Å². The average Bonchev–Trinajstić information content (AvgIpc) is 2.84. The van der Waals surface area contributed by atoms with E-state index in [0.29, 0.717) is 23.7 Å². The SMILES string of the molecule is CCC(=O)Nc1ccc(Cl)c(NCc2cnnn2C)c1. The lowest BCUT2D eigenvalue weighted by atomic mass is 10.2. The molecule has 2 aromatic rings. The van der Waals surface area contributed by atoms with Crippen LogP contribution in [0.15, 0.2) is 24.4 Å². The summed E-state index contributed by atoms with van der Waals surface area (Å²) in [5.41, 5.74) is 2.40. The normalized spacial score (nSPS) is 10.3. The number of aromatic nitrogens is 3. The Morgan fingerprint density at radius 1 is 1.45 bits per heavy atom. The molecule has 0 aliphatic carbocycles. The molecule has 0 radical (unpaired) electrons. The van der Waals surface area contributed by atoms with Crippen LogP contribution in [-0.4, -0.2) is 20.9 Å². The lowest BCUT2D eigenvalue weighted by Crippen LogP contribution is -2.10. The third-order valence-corrected chi connectivity index (χ3v) is 3.17. The van der Waals surface area contributed by atoms with Gasteiger partial charge in [0.15, 0.2) is 0 Å². The number of nitrogens with zero attached hydrogens (tertiary/aromatic N) is 3. The fourth-order valence-electron chi connectivity index (χ4n) is 1.64. The first-order chi connectivity index (χ1) is 9.60. The van der Waals surface area contributed by atoms with Crippen LogP contribution < -0.4 is 10.6 Å². The summed E-state index contributed by atoms with van der Waals surface area (Å²) in [5.74, 6) is -0.0332. The van der Waals surface area contributed by atoms with Crippen molar-refractivity contribution in [3.05, 3.63) is 35.1 Å². The molecule has 1 aromatic carbocycles. The van der Waals surface area contributed by atoms with E-state index in [2.05, 4.69) is 20.9 Å². The maximum atomic E-state index is 11.4. The highest BCUT2D eigenvalue weighted by molar-refractivity contribution is 6.33. The Labute approximate surface area is 122 Å². The minimum atomic E-state index is -0.0332. The summed E-state index contributed by atoms with van der Waals surface area (Å²) in [6, 6.07) is 5.32. The van der Waals surface area contributed by atoms with Gasteiger partial charge in [-0.05, 0) is 18.2 Å². The third kappa shape index (κ3) is 3.48. The molecule has 0 unspecified atom stereocenters. The van der Waals surface area contributed by atoms with Gasteiger partial charge < -0.3 is 10.6 Å². The van der Waals surface area contributed by atoms with Crippen LogP contribution in [-0.2, 0) is 18.4 Å². The van der Waals surface area contributed by atoms with Gasteiger partial charge >= 0.3 is 0 Å². The molecule has 0 aliphatic rings. The molecule has 0 saturated carbocycles. The second-order valence-corrected chi connectivity index (χ2v) is 4.71. The molecule has 0 aliphatic heterocycles. The smallest absolute Gasteiger partial charge is 0.224 e. The van der Waals surface area contributed by atoms with Gasteiger partial charge in [-0.25, -0.2) is 0 Å². The van der Waals surface area contributed by atoms with Gasteiger partial charge in [-0.3, -0.25) is 9.48 Å². The van der Waals surface area contributed by atoms with Gasteiger partial charge in [0.2, 0.25) is 5.91 Å². The fraction of sp³-hybridized carbons (Fsp3) is 0.308. The summed E-state index contributed by atoms with van der Waals surface area (Å²) >= 11 is 6.13. The lowest BCUT2D eigenvalue weighted by Gasteiger charge is -2.11. The molecule has 0 spiro atoms. The summed E-state index contributed by atoms with van der Waals surface area (Å²) in [6.45, 7) is 2.36. The summed E-state index contributed by atoms with van der Waals surface area (Å²) in [5, 5.41) is 14.3. The Bertz CT molecular complexity index is 611. The number of hydrogen-bond acceptors (Lipinski definition) is 4. The molecule has 0 atom stereocenters. The Hall–Kier alpha value is -2.08. The lowest BCUT2D eigenvalue weighted by molar-refractivity contribution is -0.115. The molecule has 20 heavy (non-hydrogen) atoms. The number of anilines is 2. The van der Waals surface area contributed by atoms with E-state index in [0.717, 1.165) is 11.4 Å². The average molecular weight is 294 g/mol. The second-order valence-electron chi connectivity index (χ2n) is 4.30. The molecule has 106 valence electrons. The molecule has 1 aromatic heterocycles. The van der Waals surface area contributed by atoms with Gasteiger partial charge in [0, 0.05) is 19.2 Å². The van der Waals surface area contributed by atoms with Gasteiger partial charge in [-0.15, -0.1) is 5.10 Å². The van der Waals surface area contributed by atoms with Gasteiger partial charge in [0.05, 0.1) is 29.1 Å². The first-order valence-electron chi connectivity index (χ1n) is 6.27. The number of amides is 1. The fourth-order valence-corrected chi connectivity index (χ4v) is 1.83. The number of nitrogens with one attached hydrogen (secondary N) is 2. The number of hydrogen-bond donors (Lipinski definition) is 2. The van der Waals surface area contributed by atoms with Crippen molar-refractivity contribution in [1.82, 2.24) is 15.0 Å². The van der Waals surface area contributed by atoms with Gasteiger partial charge in [-0.1, -0.05) is 23.7 Å². The minimum absolute atomic E-state index is 0.0332. The van der Waals surface area contributed by atoms with Crippen LogP contribution in [0.5, 0.6) is 0 Å². The maximum absolute atomic E-state index is 11.4. The molecule has 7 heteroatoms. The first kappa shape index (κ1) is 14.3. The zero-order valence-corrected chi connectivity index (χ0v) is 12.1. The van der Waals surface area contributed by atoms with E-state index in [1.165, 1.54) is 0 Å². The number of aryl methyl sites for hydroxylation is 1. The largest absolute Gasteiger partial charge is 0.378 e. The number of carbonyl (C=O) groups excluding carboxylic acids is 1. The predicted molar refractivity (Wildman–Crippen MR) is 78.7 cm³/mol. The summed E-state index contributed by atoms with van der Waals surface area (Å²) in [7, 11) is 1.82. The van der Waals surface area contributed by atoms with E-state index in [1.807, 2.05) is 7.05 Å². The zero-order valence-electron chi connectivity index (χ0n) is 11.4. The van der Waals surface area contributed by atoms with Crippen molar-refractivity contribution < 1.29 is 4.79 Å². The van der Waals surface area contributed by atoms with Crippen LogP contribution in [0.4, 0.5) is 11.4 Å². The molecule has 0 saturated heterocycles. The van der Waals surface area contributed by atoms with Crippen molar-refractivity contribution >= 4 is 28.9 Å². The van der Waals surface area contributed by atoms with Crippen molar-refractivity contribution in [3.63, 3.8) is 0 Å². The van der Waals surface area contributed by atoms with Crippen LogP contribution in [0.1, 0.15) is 19.0 Å². The zero-order chi connectivity index (χ0) is 14.5. The summed E-state index contributed by atoms with van der Waals surface area (Å²) in [4.78, 5) is 11.4. The highest BCUT2D eigenvalue weighted by Crippen LogP contribution is 2.26. The molecular weight excluding hydrogens is 278 g/mol. The van der Waals surface area contributed by atoms with E-state index in [-0.39, 0.29) is 5.91 Å². The van der Waals surface area contributed by atoms with E-state index in [1.54, 1.807) is 36.0 Å². The monoisotopic (exact) mass is 293 g/mol. The van der Waals surface area contributed by atoms with Crippen LogP contribution >= 0.6 is 11.6 Å².